The van der Waals surface area contributed by atoms with E-state index in [2.05, 4.69) is 11.6 Å². The van der Waals surface area contributed by atoms with Gasteiger partial charge in [0.15, 0.2) is 0 Å². The van der Waals surface area contributed by atoms with Gasteiger partial charge in [-0.3, -0.25) is 9.59 Å². The van der Waals surface area contributed by atoms with Gasteiger partial charge in [-0.1, -0.05) is 43.0 Å². The third-order valence-corrected chi connectivity index (χ3v) is 7.12. The number of benzene rings is 3. The van der Waals surface area contributed by atoms with E-state index in [9.17, 15) is 19.5 Å². The number of nitrogens with zero attached hydrogens (tertiary/aromatic N) is 2. The molecule has 10 heteroatoms. The number of carboxylic acids is 1. The van der Waals surface area contributed by atoms with Crippen LogP contribution in [0.25, 0.3) is 5.70 Å². The van der Waals surface area contributed by atoms with Crippen LogP contribution in [-0.4, -0.2) is 52.8 Å². The van der Waals surface area contributed by atoms with Gasteiger partial charge >= 0.3 is 5.97 Å². The summed E-state index contributed by atoms with van der Waals surface area (Å²) in [6, 6.07) is 15.6. The molecule has 0 fully saturated rings. The minimum Gasteiger partial charge on any atom is -0.496 e. The lowest BCUT2D eigenvalue weighted by Gasteiger charge is -2.32. The molecular weight excluding hydrogens is 534 g/mol. The van der Waals surface area contributed by atoms with Crippen molar-refractivity contribution in [3.63, 3.8) is 0 Å². The number of carbonyl (C=O) groups is 3. The Kier molecular flexibility index (Phi) is 10.2. The maximum absolute atomic E-state index is 13.9. The number of carboxylic acid groups (broad SMARTS) is 1. The van der Waals surface area contributed by atoms with Gasteiger partial charge in [0.25, 0.3) is 0 Å². The number of amidine groups is 1. The predicted molar refractivity (Wildman–Crippen MR) is 163 cm³/mol. The van der Waals surface area contributed by atoms with E-state index in [1.54, 1.807) is 25.1 Å². The molecule has 42 heavy (non-hydrogen) atoms. The zero-order valence-corrected chi connectivity index (χ0v) is 24.3. The van der Waals surface area contributed by atoms with Gasteiger partial charge in [-0.25, -0.2) is 9.79 Å². The Morgan fingerprint density at radius 2 is 1.62 bits per heavy atom. The second-order valence-electron chi connectivity index (χ2n) is 10.1. The van der Waals surface area contributed by atoms with Gasteiger partial charge in [-0.2, -0.15) is 0 Å². The van der Waals surface area contributed by atoms with E-state index in [-0.39, 0.29) is 30.1 Å². The Balaban J connectivity index is 1.98. The van der Waals surface area contributed by atoms with E-state index in [0.29, 0.717) is 16.8 Å². The van der Waals surface area contributed by atoms with Gasteiger partial charge in [-0.15, -0.1) is 0 Å². The van der Waals surface area contributed by atoms with Crippen LogP contribution in [0.2, 0.25) is 0 Å². The van der Waals surface area contributed by atoms with Gasteiger partial charge in [0.2, 0.25) is 11.8 Å². The fraction of sp³-hybridized carbons (Fsp3) is 0.250. The number of methoxy groups -OCH3 is 1. The maximum Gasteiger partial charge on any atom is 0.339 e. The Labute approximate surface area is 245 Å². The second-order valence-corrected chi connectivity index (χ2v) is 10.1. The van der Waals surface area contributed by atoms with E-state index in [1.807, 2.05) is 44.2 Å². The zero-order valence-electron chi connectivity index (χ0n) is 24.3. The van der Waals surface area contributed by atoms with Crippen LogP contribution in [0.4, 0.5) is 0 Å². The molecule has 2 atom stereocenters. The average molecular weight is 572 g/mol. The highest BCUT2D eigenvalue weighted by Gasteiger charge is 2.29. The highest BCUT2D eigenvalue weighted by Crippen LogP contribution is 2.23. The van der Waals surface area contributed by atoms with Crippen molar-refractivity contribution in [2.45, 2.75) is 45.8 Å². The third kappa shape index (κ3) is 7.41. The monoisotopic (exact) mass is 571 g/mol. The number of rotatable bonds is 12. The molecule has 3 aromatic carbocycles. The summed E-state index contributed by atoms with van der Waals surface area (Å²) in [5, 5.41) is 9.67. The molecule has 220 valence electrons. The van der Waals surface area contributed by atoms with E-state index in [0.717, 1.165) is 22.3 Å². The molecule has 3 rings (SSSR count). The minimum absolute atomic E-state index is 0.00455. The van der Waals surface area contributed by atoms with Crippen molar-refractivity contribution >= 4 is 29.3 Å². The number of aryl methyl sites for hydroxylation is 2. The van der Waals surface area contributed by atoms with Crippen LogP contribution in [0.15, 0.2) is 72.2 Å². The smallest absolute Gasteiger partial charge is 0.339 e. The molecule has 0 saturated heterocycles. The van der Waals surface area contributed by atoms with Crippen molar-refractivity contribution < 1.29 is 24.2 Å². The summed E-state index contributed by atoms with van der Waals surface area (Å²) in [6.07, 6.45) is 0.190. The first-order chi connectivity index (χ1) is 19.8. The molecule has 7 N–H and O–H groups in total. The molecule has 0 aliphatic rings. The second kappa shape index (κ2) is 13.6. The summed E-state index contributed by atoms with van der Waals surface area (Å²) < 4.78 is 5.18. The molecule has 3 aromatic rings. The molecule has 10 nitrogen and oxygen atoms in total. The summed E-state index contributed by atoms with van der Waals surface area (Å²) in [6.45, 7) is 9.40. The van der Waals surface area contributed by atoms with Crippen LogP contribution in [0.3, 0.4) is 0 Å². The molecule has 0 radical (unpaired) electrons. The van der Waals surface area contributed by atoms with Crippen LogP contribution in [0.1, 0.15) is 55.5 Å². The predicted octanol–water partition coefficient (Wildman–Crippen LogP) is 3.42. The van der Waals surface area contributed by atoms with Crippen molar-refractivity contribution in [1.82, 2.24) is 4.90 Å². The van der Waals surface area contributed by atoms with E-state index >= 15 is 0 Å². The lowest BCUT2D eigenvalue weighted by Crippen LogP contribution is -2.52. The Morgan fingerprint density at radius 3 is 2.17 bits per heavy atom. The number of amides is 2. The summed E-state index contributed by atoms with van der Waals surface area (Å²) in [7, 11) is 1.38. The quantitative estimate of drug-likeness (QED) is 0.190. The van der Waals surface area contributed by atoms with Gasteiger partial charge in [0.1, 0.15) is 17.1 Å². The number of primary amides is 1. The molecule has 0 saturated carbocycles. The number of aliphatic imine (C=N–C) groups is 1. The van der Waals surface area contributed by atoms with Crippen LogP contribution >= 0.6 is 0 Å². The average Bonchev–Trinajstić information content (AvgIpc) is 2.96. The van der Waals surface area contributed by atoms with Crippen molar-refractivity contribution in [2.75, 3.05) is 7.11 Å². The Bertz CT molecular complexity index is 1510. The lowest BCUT2D eigenvalue weighted by molar-refractivity contribution is -0.134. The molecule has 0 bridgehead atoms. The molecule has 0 spiro atoms. The summed E-state index contributed by atoms with van der Waals surface area (Å²) >= 11 is 0. The first kappa shape index (κ1) is 31.6. The minimum atomic E-state index is -1.16. The van der Waals surface area contributed by atoms with Crippen molar-refractivity contribution in [3.8, 4) is 5.75 Å². The standard InChI is InChI=1S/C32H37N5O5/c1-18-13-24(30(35)38)14-19(2)25(18)16-27(33)31(39)37(17-22-11-12-28(42-5)26(15-22)32(40)41)21(4)29(34)36-20(3)23-9-7-6-8-10-23/h6-15,21,27H,3,16-17,33H2,1-2,4-5H3,(H2,34,36)(H2,35,38)(H,40,41)/t21-,27-/m0/s1. The van der Waals surface area contributed by atoms with Crippen LogP contribution in [-0.2, 0) is 17.8 Å². The lowest BCUT2D eigenvalue weighted by atomic mass is 9.93. The van der Waals surface area contributed by atoms with E-state index in [1.165, 1.54) is 24.1 Å². The Morgan fingerprint density at radius 1 is 1.00 bits per heavy atom. The van der Waals surface area contributed by atoms with Crippen LogP contribution in [0.5, 0.6) is 5.75 Å². The molecule has 0 unspecified atom stereocenters. The van der Waals surface area contributed by atoms with Gasteiger partial charge in [-0.05, 0) is 79.3 Å². The summed E-state index contributed by atoms with van der Waals surface area (Å²) in [5.41, 5.74) is 22.8. The van der Waals surface area contributed by atoms with E-state index in [4.69, 9.17) is 21.9 Å². The first-order valence-electron chi connectivity index (χ1n) is 13.3. The SMILES string of the molecule is C=C(/N=C(\N)[C@H](C)N(Cc1ccc(OC)c(C(=O)O)c1)C(=O)[C@@H](N)Cc1c(C)cc(C(N)=O)cc1C)c1ccccc1. The number of hydrogen-bond acceptors (Lipinski definition) is 6. The van der Waals surface area contributed by atoms with Crippen molar-refractivity contribution in [1.29, 1.82) is 0 Å². The van der Waals surface area contributed by atoms with Crippen LogP contribution < -0.4 is 21.9 Å². The van der Waals surface area contributed by atoms with Gasteiger partial charge < -0.3 is 31.9 Å². The largest absolute Gasteiger partial charge is 0.496 e. The number of ether oxygens (including phenoxy) is 1. The summed E-state index contributed by atoms with van der Waals surface area (Å²) in [4.78, 5) is 43.4. The van der Waals surface area contributed by atoms with Crippen LogP contribution in [0, 0.1) is 13.8 Å². The molecule has 2 amide bonds. The number of nitrogens with two attached hydrogens (primary N) is 3. The molecule has 0 heterocycles. The van der Waals surface area contributed by atoms with Crippen molar-refractivity contribution in [3.05, 3.63) is 106 Å². The zero-order chi connectivity index (χ0) is 31.1. The number of carbonyl (C=O) groups excluding carboxylic acids is 2. The fourth-order valence-electron chi connectivity index (χ4n) is 4.70. The first-order valence-corrected chi connectivity index (χ1v) is 13.3. The normalized spacial score (nSPS) is 12.7. The molecule has 0 aromatic heterocycles. The summed E-state index contributed by atoms with van der Waals surface area (Å²) in [5.74, 6) is -1.80. The van der Waals surface area contributed by atoms with E-state index < -0.39 is 29.9 Å². The highest BCUT2D eigenvalue weighted by molar-refractivity contribution is 5.95. The topological polar surface area (TPSA) is 174 Å². The highest BCUT2D eigenvalue weighted by atomic mass is 16.5. The van der Waals surface area contributed by atoms with Crippen molar-refractivity contribution in [2.24, 2.45) is 22.2 Å². The maximum atomic E-state index is 13.9. The fourth-order valence-corrected chi connectivity index (χ4v) is 4.70. The molecular formula is C32H37N5O5. The number of hydrogen-bond donors (Lipinski definition) is 4. The molecule has 0 aliphatic heterocycles. The third-order valence-electron chi connectivity index (χ3n) is 7.12. The number of aromatic carboxylic acids is 1. The Hall–Kier alpha value is -4.96. The van der Waals surface area contributed by atoms with Gasteiger partial charge in [0, 0.05) is 12.1 Å². The van der Waals surface area contributed by atoms with Gasteiger partial charge in [0.05, 0.1) is 24.9 Å². The molecule has 0 aliphatic carbocycles.